The molecule has 0 spiro atoms. The topological polar surface area (TPSA) is 90.0 Å². The molecule has 0 N–H and O–H groups in total. The Kier molecular flexibility index (Phi) is 7.43. The fraction of sp³-hybridized carbons (Fsp3) is 0.300. The summed E-state index contributed by atoms with van der Waals surface area (Å²) >= 11 is 1.32. The largest absolute Gasteiger partial charge is 0.457 e. The molecule has 0 aromatic heterocycles. The average molecular weight is 436 g/mol. The van der Waals surface area contributed by atoms with Crippen LogP contribution in [-0.2, 0) is 24.3 Å². The SMILES string of the molecule is O=C(CSc1ccccc1)OCC(=O)c1cccc(S(=O)(=O)N2CCOCC2)c1. The second-order valence-electron chi connectivity index (χ2n) is 6.23. The summed E-state index contributed by atoms with van der Waals surface area (Å²) in [6.07, 6.45) is 0. The van der Waals surface area contributed by atoms with Gasteiger partial charge in [0.05, 0.1) is 23.9 Å². The van der Waals surface area contributed by atoms with Gasteiger partial charge in [-0.25, -0.2) is 8.42 Å². The second kappa shape index (κ2) is 10.0. The number of rotatable bonds is 8. The van der Waals surface area contributed by atoms with E-state index in [4.69, 9.17) is 9.47 Å². The maximum atomic E-state index is 12.7. The van der Waals surface area contributed by atoms with Crippen LogP contribution in [0.4, 0.5) is 0 Å². The van der Waals surface area contributed by atoms with Crippen LogP contribution < -0.4 is 0 Å². The zero-order valence-electron chi connectivity index (χ0n) is 15.7. The molecule has 7 nitrogen and oxygen atoms in total. The third kappa shape index (κ3) is 5.89. The molecule has 9 heteroatoms. The van der Waals surface area contributed by atoms with E-state index >= 15 is 0 Å². The van der Waals surface area contributed by atoms with Gasteiger partial charge in [0.2, 0.25) is 10.0 Å². The van der Waals surface area contributed by atoms with Gasteiger partial charge in [-0.3, -0.25) is 9.59 Å². The predicted octanol–water partition coefficient (Wildman–Crippen LogP) is 2.23. The molecule has 2 aromatic carbocycles. The number of sulfonamides is 1. The molecule has 0 atom stereocenters. The van der Waals surface area contributed by atoms with E-state index in [1.807, 2.05) is 30.3 Å². The number of carbonyl (C=O) groups excluding carboxylic acids is 2. The Morgan fingerprint density at radius 3 is 2.48 bits per heavy atom. The van der Waals surface area contributed by atoms with E-state index in [1.165, 1.54) is 40.3 Å². The summed E-state index contributed by atoms with van der Waals surface area (Å²) in [6, 6.07) is 15.2. The lowest BCUT2D eigenvalue weighted by Gasteiger charge is -2.26. The number of carbonyl (C=O) groups is 2. The highest BCUT2D eigenvalue weighted by Crippen LogP contribution is 2.19. The number of nitrogens with zero attached hydrogens (tertiary/aromatic N) is 1. The lowest BCUT2D eigenvalue weighted by atomic mass is 10.1. The first-order valence-corrected chi connectivity index (χ1v) is 11.4. The fourth-order valence-corrected chi connectivity index (χ4v) is 4.87. The van der Waals surface area contributed by atoms with Gasteiger partial charge in [0.15, 0.2) is 12.4 Å². The van der Waals surface area contributed by atoms with Crippen molar-refractivity contribution in [2.24, 2.45) is 0 Å². The average Bonchev–Trinajstić information content (AvgIpc) is 2.77. The summed E-state index contributed by atoms with van der Waals surface area (Å²) in [5.41, 5.74) is 0.183. The van der Waals surface area contributed by atoms with Crippen molar-refractivity contribution in [2.75, 3.05) is 38.7 Å². The number of Topliss-reactive ketones (excluding diaryl/α,β-unsaturated/α-hetero) is 1. The molecule has 1 aliphatic rings. The zero-order valence-corrected chi connectivity index (χ0v) is 17.3. The molecule has 0 amide bonds. The minimum absolute atomic E-state index is 0.0382. The van der Waals surface area contributed by atoms with Crippen LogP contribution >= 0.6 is 11.8 Å². The number of ketones is 1. The Labute approximate surface area is 174 Å². The van der Waals surface area contributed by atoms with E-state index in [0.29, 0.717) is 13.2 Å². The number of hydrogen-bond acceptors (Lipinski definition) is 7. The Morgan fingerprint density at radius 1 is 1.03 bits per heavy atom. The standard InChI is InChI=1S/C20H21NO6S2/c22-19(14-27-20(23)15-28-17-6-2-1-3-7-17)16-5-4-8-18(13-16)29(24,25)21-9-11-26-12-10-21/h1-8,13H,9-12,14-15H2. The van der Waals surface area contributed by atoms with Crippen molar-refractivity contribution in [1.29, 1.82) is 0 Å². The van der Waals surface area contributed by atoms with Crippen LogP contribution in [0.1, 0.15) is 10.4 Å². The van der Waals surface area contributed by atoms with Gasteiger partial charge in [-0.15, -0.1) is 11.8 Å². The van der Waals surface area contributed by atoms with Crippen LogP contribution in [-0.4, -0.2) is 63.1 Å². The van der Waals surface area contributed by atoms with Gasteiger partial charge < -0.3 is 9.47 Å². The lowest BCUT2D eigenvalue weighted by molar-refractivity contribution is -0.139. The van der Waals surface area contributed by atoms with Crippen LogP contribution in [0.15, 0.2) is 64.4 Å². The van der Waals surface area contributed by atoms with Crippen molar-refractivity contribution in [3.8, 4) is 0 Å². The zero-order chi connectivity index (χ0) is 20.7. The van der Waals surface area contributed by atoms with Crippen LogP contribution in [0.5, 0.6) is 0 Å². The number of ether oxygens (including phenoxy) is 2. The lowest BCUT2D eigenvalue weighted by Crippen LogP contribution is -2.40. The highest BCUT2D eigenvalue weighted by Gasteiger charge is 2.27. The number of benzene rings is 2. The maximum Gasteiger partial charge on any atom is 0.316 e. The predicted molar refractivity (Wildman–Crippen MR) is 108 cm³/mol. The summed E-state index contributed by atoms with van der Waals surface area (Å²) in [6.45, 7) is 0.799. The Balaban J connectivity index is 1.57. The van der Waals surface area contributed by atoms with E-state index in [0.717, 1.165) is 4.90 Å². The molecule has 0 saturated carbocycles. The van der Waals surface area contributed by atoms with Gasteiger partial charge in [-0.05, 0) is 24.3 Å². The van der Waals surface area contributed by atoms with Gasteiger partial charge in [0.25, 0.3) is 0 Å². The van der Waals surface area contributed by atoms with Crippen molar-refractivity contribution in [2.45, 2.75) is 9.79 Å². The van der Waals surface area contributed by atoms with Crippen LogP contribution in [0.3, 0.4) is 0 Å². The minimum Gasteiger partial charge on any atom is -0.457 e. The van der Waals surface area contributed by atoms with Gasteiger partial charge >= 0.3 is 5.97 Å². The first kappa shape index (κ1) is 21.5. The van der Waals surface area contributed by atoms with Crippen molar-refractivity contribution in [1.82, 2.24) is 4.31 Å². The molecule has 2 aromatic rings. The smallest absolute Gasteiger partial charge is 0.316 e. The molecule has 0 radical (unpaired) electrons. The highest BCUT2D eigenvalue weighted by molar-refractivity contribution is 8.00. The molecule has 3 rings (SSSR count). The van der Waals surface area contributed by atoms with E-state index in [9.17, 15) is 18.0 Å². The van der Waals surface area contributed by atoms with Crippen molar-refractivity contribution < 1.29 is 27.5 Å². The highest BCUT2D eigenvalue weighted by atomic mass is 32.2. The molecule has 29 heavy (non-hydrogen) atoms. The summed E-state index contributed by atoms with van der Waals surface area (Å²) in [5.74, 6) is -0.880. The summed E-state index contributed by atoms with van der Waals surface area (Å²) in [4.78, 5) is 25.2. The fourth-order valence-electron chi connectivity index (χ4n) is 2.70. The summed E-state index contributed by atoms with van der Waals surface area (Å²) < 4.78 is 37.0. The first-order valence-electron chi connectivity index (χ1n) is 9.01. The van der Waals surface area contributed by atoms with E-state index in [-0.39, 0.29) is 29.3 Å². The third-order valence-electron chi connectivity index (χ3n) is 4.23. The van der Waals surface area contributed by atoms with E-state index in [1.54, 1.807) is 0 Å². The molecule has 1 heterocycles. The third-order valence-corrected chi connectivity index (χ3v) is 7.11. The molecule has 154 valence electrons. The number of esters is 1. The van der Waals surface area contributed by atoms with Crippen LogP contribution in [0.25, 0.3) is 0 Å². The number of thioether (sulfide) groups is 1. The van der Waals surface area contributed by atoms with Crippen LogP contribution in [0, 0.1) is 0 Å². The Morgan fingerprint density at radius 2 is 1.76 bits per heavy atom. The molecule has 0 unspecified atom stereocenters. The Bertz CT molecular complexity index is 956. The summed E-state index contributed by atoms with van der Waals surface area (Å²) in [5, 5.41) is 0. The van der Waals surface area contributed by atoms with Crippen molar-refractivity contribution in [3.63, 3.8) is 0 Å². The number of hydrogen-bond donors (Lipinski definition) is 0. The normalized spacial score (nSPS) is 15.0. The summed E-state index contributed by atoms with van der Waals surface area (Å²) in [7, 11) is -3.70. The molecule has 1 fully saturated rings. The van der Waals surface area contributed by atoms with E-state index in [2.05, 4.69) is 0 Å². The van der Waals surface area contributed by atoms with Crippen molar-refractivity contribution in [3.05, 3.63) is 60.2 Å². The van der Waals surface area contributed by atoms with E-state index < -0.39 is 28.4 Å². The second-order valence-corrected chi connectivity index (χ2v) is 9.22. The van der Waals surface area contributed by atoms with Crippen LogP contribution in [0.2, 0.25) is 0 Å². The van der Waals surface area contributed by atoms with Gasteiger partial charge in [0, 0.05) is 23.5 Å². The maximum absolute atomic E-state index is 12.7. The molecule has 0 bridgehead atoms. The molecular formula is C20H21NO6S2. The minimum atomic E-state index is -3.70. The molecule has 1 saturated heterocycles. The molecule has 0 aliphatic carbocycles. The van der Waals surface area contributed by atoms with Gasteiger partial charge in [0.1, 0.15) is 0 Å². The quantitative estimate of drug-likeness (QED) is 0.357. The Hall–Kier alpha value is -2.20. The number of morpholine rings is 1. The monoisotopic (exact) mass is 435 g/mol. The molecule has 1 aliphatic heterocycles. The first-order chi connectivity index (χ1) is 14.0. The van der Waals surface area contributed by atoms with Crippen molar-refractivity contribution >= 4 is 33.5 Å². The van der Waals surface area contributed by atoms with Gasteiger partial charge in [-0.1, -0.05) is 30.3 Å². The molecular weight excluding hydrogens is 414 g/mol. The van der Waals surface area contributed by atoms with Gasteiger partial charge in [-0.2, -0.15) is 4.31 Å².